The summed E-state index contributed by atoms with van der Waals surface area (Å²) in [6, 6.07) is 23.0. The van der Waals surface area contributed by atoms with E-state index in [2.05, 4.69) is 64.0 Å². The van der Waals surface area contributed by atoms with Crippen LogP contribution < -0.4 is 4.74 Å². The lowest BCUT2D eigenvalue weighted by Gasteiger charge is -2.34. The van der Waals surface area contributed by atoms with Gasteiger partial charge in [-0.1, -0.05) is 42.5 Å². The zero-order valence-electron chi connectivity index (χ0n) is 19.2. The third-order valence-electron chi connectivity index (χ3n) is 6.82. The first-order chi connectivity index (χ1) is 16.7. The van der Waals surface area contributed by atoms with Crippen LogP contribution in [0.4, 0.5) is 0 Å². The molecule has 0 radical (unpaired) electrons. The van der Waals surface area contributed by atoms with Crippen LogP contribution in [-0.4, -0.2) is 27.2 Å². The molecule has 1 aliphatic rings. The molecule has 6 rings (SSSR count). The Morgan fingerprint density at radius 3 is 2.56 bits per heavy atom. The van der Waals surface area contributed by atoms with Crippen molar-refractivity contribution in [3.8, 4) is 17.0 Å². The summed E-state index contributed by atoms with van der Waals surface area (Å²) in [5.41, 5.74) is 5.82. The van der Waals surface area contributed by atoms with Crippen LogP contribution in [0.2, 0.25) is 0 Å². The van der Waals surface area contributed by atoms with Crippen molar-refractivity contribution in [3.05, 3.63) is 90.9 Å². The number of aromatic nitrogens is 3. The molecule has 0 N–H and O–H groups in total. The lowest BCUT2D eigenvalue weighted by Crippen LogP contribution is -2.36. The van der Waals surface area contributed by atoms with Gasteiger partial charge >= 0.3 is 0 Å². The second-order valence-electron chi connectivity index (χ2n) is 9.15. The highest BCUT2D eigenvalue weighted by Gasteiger charge is 2.31. The van der Waals surface area contributed by atoms with Gasteiger partial charge in [0.15, 0.2) is 0 Å². The second kappa shape index (κ2) is 8.92. The molecule has 1 aliphatic carbocycles. The van der Waals surface area contributed by atoms with Crippen molar-refractivity contribution in [3.63, 3.8) is 0 Å². The summed E-state index contributed by atoms with van der Waals surface area (Å²) in [6.07, 6.45) is 7.94. The number of hydrogen-bond donors (Lipinski definition) is 0. The number of nitrogens with zero attached hydrogens (tertiary/aromatic N) is 3. The molecule has 0 aliphatic heterocycles. The minimum absolute atomic E-state index is 0.226. The van der Waals surface area contributed by atoms with Gasteiger partial charge in [-0.25, -0.2) is 4.98 Å². The van der Waals surface area contributed by atoms with Gasteiger partial charge in [-0.2, -0.15) is 0 Å². The van der Waals surface area contributed by atoms with Crippen molar-refractivity contribution in [2.75, 3.05) is 6.61 Å². The first-order valence-corrected chi connectivity index (χ1v) is 11.8. The quantitative estimate of drug-likeness (QED) is 0.298. The number of hydrogen-bond acceptors (Lipinski definition) is 4. The molecule has 0 saturated heterocycles. The molecule has 0 spiro atoms. The maximum atomic E-state index is 6.09. The molecule has 1 fully saturated rings. The van der Waals surface area contributed by atoms with E-state index in [0.29, 0.717) is 18.4 Å². The number of benzene rings is 2. The monoisotopic (exact) mass is 449 g/mol. The summed E-state index contributed by atoms with van der Waals surface area (Å²) in [6.45, 7) is 1.46. The fourth-order valence-electron chi connectivity index (χ4n) is 4.85. The first-order valence-electron chi connectivity index (χ1n) is 11.8. The van der Waals surface area contributed by atoms with Gasteiger partial charge in [0.25, 0.3) is 0 Å². The summed E-state index contributed by atoms with van der Waals surface area (Å²) in [7, 11) is 2.10. The van der Waals surface area contributed by atoms with Gasteiger partial charge in [0, 0.05) is 53.6 Å². The Labute approximate surface area is 199 Å². The Hall–Kier alpha value is -3.70. The average molecular weight is 450 g/mol. The van der Waals surface area contributed by atoms with E-state index < -0.39 is 0 Å². The molecule has 0 bridgehead atoms. The van der Waals surface area contributed by atoms with E-state index in [-0.39, 0.29) is 6.10 Å². The van der Waals surface area contributed by atoms with E-state index in [9.17, 15) is 0 Å². The number of ether oxygens (including phenoxy) is 2. The van der Waals surface area contributed by atoms with Crippen molar-refractivity contribution in [1.29, 1.82) is 0 Å². The normalized spacial score (nSPS) is 17.7. The number of fused-ring (bicyclic) bond motifs is 3. The SMILES string of the molecule is Cn1c2ccncc2c2ccc(-c3ccc(OC4CC(COCc5ccccc5)C4)nc3)cc21. The summed E-state index contributed by atoms with van der Waals surface area (Å²) < 4.78 is 14.2. The van der Waals surface area contributed by atoms with Gasteiger partial charge in [-0.3, -0.25) is 4.98 Å². The molecule has 0 amide bonds. The maximum Gasteiger partial charge on any atom is 0.213 e. The molecular formula is C29H27N3O2. The van der Waals surface area contributed by atoms with E-state index >= 15 is 0 Å². The van der Waals surface area contributed by atoms with Gasteiger partial charge < -0.3 is 14.0 Å². The highest BCUT2D eigenvalue weighted by molar-refractivity contribution is 6.08. The summed E-state index contributed by atoms with van der Waals surface area (Å²) in [5, 5.41) is 2.40. The van der Waals surface area contributed by atoms with E-state index in [1.54, 1.807) is 0 Å². The third-order valence-corrected chi connectivity index (χ3v) is 6.82. The Balaban J connectivity index is 1.06. The molecule has 2 aromatic carbocycles. The zero-order valence-corrected chi connectivity index (χ0v) is 19.2. The van der Waals surface area contributed by atoms with Crippen molar-refractivity contribution in [1.82, 2.24) is 14.5 Å². The Morgan fingerprint density at radius 2 is 1.74 bits per heavy atom. The zero-order chi connectivity index (χ0) is 22.9. The maximum absolute atomic E-state index is 6.09. The Morgan fingerprint density at radius 1 is 0.882 bits per heavy atom. The van der Waals surface area contributed by atoms with E-state index in [0.717, 1.165) is 30.6 Å². The van der Waals surface area contributed by atoms with E-state index in [1.807, 2.05) is 42.9 Å². The highest BCUT2D eigenvalue weighted by Crippen LogP contribution is 2.33. The lowest BCUT2D eigenvalue weighted by molar-refractivity contribution is -0.00422. The minimum atomic E-state index is 0.226. The molecule has 3 aromatic heterocycles. The van der Waals surface area contributed by atoms with Crippen molar-refractivity contribution in [2.45, 2.75) is 25.6 Å². The molecule has 3 heterocycles. The minimum Gasteiger partial charge on any atom is -0.474 e. The molecule has 5 heteroatoms. The first kappa shape index (κ1) is 20.9. The van der Waals surface area contributed by atoms with Crippen LogP contribution in [0.15, 0.2) is 85.3 Å². The number of aryl methyl sites for hydroxylation is 1. The molecule has 5 aromatic rings. The molecule has 1 saturated carbocycles. The van der Waals surface area contributed by atoms with Gasteiger partial charge in [-0.15, -0.1) is 0 Å². The molecule has 0 atom stereocenters. The number of pyridine rings is 2. The Bertz CT molecular complexity index is 1420. The van der Waals surface area contributed by atoms with Crippen molar-refractivity contribution >= 4 is 21.8 Å². The van der Waals surface area contributed by atoms with E-state index in [1.165, 1.54) is 27.4 Å². The second-order valence-corrected chi connectivity index (χ2v) is 9.15. The van der Waals surface area contributed by atoms with Crippen molar-refractivity contribution in [2.24, 2.45) is 13.0 Å². The van der Waals surface area contributed by atoms with E-state index in [4.69, 9.17) is 9.47 Å². The standard InChI is InChI=1S/C29H27N3O2/c1-32-27-11-12-30-17-26(27)25-9-7-22(15-28(25)32)23-8-10-29(31-16-23)34-24-13-21(14-24)19-33-18-20-5-3-2-4-6-20/h2-12,15-17,21,24H,13-14,18-19H2,1H3. The predicted octanol–water partition coefficient (Wildman–Crippen LogP) is 6.16. The van der Waals surface area contributed by atoms with Crippen molar-refractivity contribution < 1.29 is 9.47 Å². The van der Waals surface area contributed by atoms with Crippen LogP contribution in [-0.2, 0) is 18.4 Å². The van der Waals surface area contributed by atoms with Gasteiger partial charge in [0.2, 0.25) is 5.88 Å². The fraction of sp³-hybridized carbons (Fsp3) is 0.241. The Kier molecular flexibility index (Phi) is 5.47. The topological polar surface area (TPSA) is 49.2 Å². The molecule has 34 heavy (non-hydrogen) atoms. The lowest BCUT2D eigenvalue weighted by atomic mass is 9.83. The predicted molar refractivity (Wildman–Crippen MR) is 135 cm³/mol. The van der Waals surface area contributed by atoms with Crippen LogP contribution in [0, 0.1) is 5.92 Å². The molecular weight excluding hydrogens is 422 g/mol. The summed E-state index contributed by atoms with van der Waals surface area (Å²) in [5.74, 6) is 1.25. The third kappa shape index (κ3) is 4.03. The molecule has 170 valence electrons. The highest BCUT2D eigenvalue weighted by atomic mass is 16.5. The van der Waals surface area contributed by atoms with Gasteiger partial charge in [0.05, 0.1) is 18.7 Å². The average Bonchev–Trinajstić information content (AvgIpc) is 3.15. The largest absolute Gasteiger partial charge is 0.474 e. The smallest absolute Gasteiger partial charge is 0.213 e. The van der Waals surface area contributed by atoms with Gasteiger partial charge in [-0.05, 0) is 48.1 Å². The van der Waals surface area contributed by atoms with Crippen LogP contribution in [0.5, 0.6) is 5.88 Å². The molecule has 5 nitrogen and oxygen atoms in total. The molecule has 0 unspecified atom stereocenters. The van der Waals surface area contributed by atoms with Crippen LogP contribution in [0.3, 0.4) is 0 Å². The fourth-order valence-corrected chi connectivity index (χ4v) is 4.85. The van der Waals surface area contributed by atoms with Crippen LogP contribution in [0.25, 0.3) is 32.9 Å². The number of rotatable bonds is 7. The van der Waals surface area contributed by atoms with Gasteiger partial charge in [0.1, 0.15) is 6.10 Å². The summed E-state index contributed by atoms with van der Waals surface area (Å²) in [4.78, 5) is 8.87. The summed E-state index contributed by atoms with van der Waals surface area (Å²) >= 11 is 0. The van der Waals surface area contributed by atoms with Crippen LogP contribution in [0.1, 0.15) is 18.4 Å². The van der Waals surface area contributed by atoms with Crippen LogP contribution >= 0.6 is 0 Å².